The van der Waals surface area contributed by atoms with Gasteiger partial charge in [-0.1, -0.05) is 19.3 Å². The largest absolute Gasteiger partial charge is 0.493 e. The van der Waals surface area contributed by atoms with Crippen LogP contribution in [-0.2, 0) is 0 Å². The quantitative estimate of drug-likeness (QED) is 0.846. The van der Waals surface area contributed by atoms with Crippen LogP contribution in [0, 0.1) is 6.92 Å². The predicted octanol–water partition coefficient (Wildman–Crippen LogP) is 2.85. The number of aryl methyl sites for hydroxylation is 1. The number of hydrogen-bond acceptors (Lipinski definition) is 3. The van der Waals surface area contributed by atoms with Crippen molar-refractivity contribution in [3.63, 3.8) is 0 Å². The minimum absolute atomic E-state index is 0.0144. The van der Waals surface area contributed by atoms with Crippen molar-refractivity contribution in [1.82, 2.24) is 14.6 Å². The van der Waals surface area contributed by atoms with E-state index < -0.39 is 0 Å². The van der Waals surface area contributed by atoms with E-state index in [2.05, 4.69) is 26.0 Å². The first-order valence-corrected chi connectivity index (χ1v) is 7.39. The highest BCUT2D eigenvalue weighted by molar-refractivity contribution is 9.10. The molecule has 1 fully saturated rings. The molecule has 19 heavy (non-hydrogen) atoms. The number of H-pyrrole nitrogens is 1. The Morgan fingerprint density at radius 3 is 2.74 bits per heavy atom. The molecule has 0 saturated heterocycles. The number of hydrogen-bond donors (Lipinski definition) is 2. The van der Waals surface area contributed by atoms with Crippen LogP contribution in [0.15, 0.2) is 9.27 Å². The summed E-state index contributed by atoms with van der Waals surface area (Å²) in [4.78, 5) is 15.1. The molecule has 1 saturated carbocycles. The Morgan fingerprint density at radius 1 is 1.37 bits per heavy atom. The zero-order chi connectivity index (χ0) is 13.6. The van der Waals surface area contributed by atoms with Gasteiger partial charge < -0.3 is 10.1 Å². The second-order valence-electron chi connectivity index (χ2n) is 5.19. The molecule has 6 heteroatoms. The number of nitrogens with one attached hydrogen (secondary N) is 1. The molecule has 0 atom stereocenters. The second-order valence-corrected chi connectivity index (χ2v) is 5.98. The van der Waals surface area contributed by atoms with Gasteiger partial charge >= 0.3 is 0 Å². The molecule has 0 unspecified atom stereocenters. The van der Waals surface area contributed by atoms with Crippen LogP contribution in [0.25, 0.3) is 5.65 Å². The molecule has 5 nitrogen and oxygen atoms in total. The van der Waals surface area contributed by atoms with Gasteiger partial charge in [-0.25, -0.2) is 0 Å². The molecular weight excluding hydrogens is 310 g/mol. The zero-order valence-corrected chi connectivity index (χ0v) is 12.3. The van der Waals surface area contributed by atoms with E-state index in [1.165, 1.54) is 10.9 Å². The monoisotopic (exact) mass is 325 g/mol. The first kappa shape index (κ1) is 12.7. The van der Waals surface area contributed by atoms with Crippen LogP contribution in [-0.4, -0.2) is 19.7 Å². The molecule has 0 amide bonds. The van der Waals surface area contributed by atoms with Gasteiger partial charge in [-0.15, -0.1) is 0 Å². The molecule has 0 spiro atoms. The minimum Gasteiger partial charge on any atom is -0.493 e. The summed E-state index contributed by atoms with van der Waals surface area (Å²) in [6, 6.07) is 0. The predicted molar refractivity (Wildman–Crippen MR) is 75.7 cm³/mol. The Hall–Kier alpha value is -1.30. The third-order valence-corrected chi connectivity index (χ3v) is 4.87. The van der Waals surface area contributed by atoms with Crippen LogP contribution < -0.4 is 5.56 Å². The molecule has 0 aliphatic heterocycles. The number of halogens is 1. The molecule has 2 heterocycles. The lowest BCUT2D eigenvalue weighted by Gasteiger charge is -2.21. The number of nitrogens with zero attached hydrogens (tertiary/aromatic N) is 2. The lowest BCUT2D eigenvalue weighted by atomic mass is 9.85. The van der Waals surface area contributed by atoms with Gasteiger partial charge in [0.25, 0.3) is 5.56 Å². The molecule has 1 aliphatic carbocycles. The van der Waals surface area contributed by atoms with Gasteiger partial charge in [0.05, 0.1) is 15.7 Å². The van der Waals surface area contributed by atoms with E-state index >= 15 is 0 Å². The minimum atomic E-state index is -0.197. The average Bonchev–Trinajstić information content (AvgIpc) is 2.68. The topological polar surface area (TPSA) is 70.4 Å². The summed E-state index contributed by atoms with van der Waals surface area (Å²) in [6.45, 7) is 1.83. The van der Waals surface area contributed by atoms with Crippen LogP contribution in [0.2, 0.25) is 0 Å². The van der Waals surface area contributed by atoms with Gasteiger partial charge in [-0.3, -0.25) is 4.79 Å². The number of aromatic hydroxyl groups is 1. The van der Waals surface area contributed by atoms with Crippen LogP contribution in [0.5, 0.6) is 5.88 Å². The Kier molecular flexibility index (Phi) is 3.12. The maximum atomic E-state index is 12.2. The average molecular weight is 326 g/mol. The molecule has 0 bridgehead atoms. The normalized spacial score (nSPS) is 17.2. The van der Waals surface area contributed by atoms with Crippen molar-refractivity contribution < 1.29 is 5.11 Å². The molecule has 2 aromatic heterocycles. The number of rotatable bonds is 1. The first-order chi connectivity index (χ1) is 9.09. The molecule has 2 N–H and O–H groups in total. The van der Waals surface area contributed by atoms with Gasteiger partial charge in [0.2, 0.25) is 5.88 Å². The van der Waals surface area contributed by atoms with E-state index in [1.54, 1.807) is 0 Å². The van der Waals surface area contributed by atoms with Crippen LogP contribution in [0.1, 0.15) is 49.3 Å². The summed E-state index contributed by atoms with van der Waals surface area (Å²) < 4.78 is 2.14. The van der Waals surface area contributed by atoms with Gasteiger partial charge in [0.15, 0.2) is 5.65 Å². The van der Waals surface area contributed by atoms with E-state index in [0.29, 0.717) is 11.2 Å². The van der Waals surface area contributed by atoms with E-state index in [9.17, 15) is 9.90 Å². The second kappa shape index (κ2) is 4.67. The van der Waals surface area contributed by atoms with Crippen molar-refractivity contribution in [3.05, 3.63) is 26.1 Å². The van der Waals surface area contributed by atoms with E-state index in [-0.39, 0.29) is 17.4 Å². The molecule has 2 aromatic rings. The Balaban J connectivity index is 2.22. The summed E-state index contributed by atoms with van der Waals surface area (Å²) in [7, 11) is 0. The summed E-state index contributed by atoms with van der Waals surface area (Å²) >= 11 is 3.38. The Labute approximate surface area is 118 Å². The fraction of sp³-hybridized carbons (Fsp3) is 0.538. The van der Waals surface area contributed by atoms with Crippen molar-refractivity contribution in [2.24, 2.45) is 0 Å². The maximum absolute atomic E-state index is 12.2. The molecule has 102 valence electrons. The zero-order valence-electron chi connectivity index (χ0n) is 10.7. The number of aromatic amines is 1. The van der Waals surface area contributed by atoms with Crippen LogP contribution >= 0.6 is 15.9 Å². The summed E-state index contributed by atoms with van der Waals surface area (Å²) in [5.41, 5.74) is 1.55. The number of aromatic nitrogens is 3. The van der Waals surface area contributed by atoms with Gasteiger partial charge in [0.1, 0.15) is 0 Å². The molecule has 3 rings (SSSR count). The summed E-state index contributed by atoms with van der Waals surface area (Å²) in [5, 5.41) is 14.6. The van der Waals surface area contributed by atoms with Crippen molar-refractivity contribution in [3.8, 4) is 5.88 Å². The van der Waals surface area contributed by atoms with Crippen molar-refractivity contribution >= 4 is 21.6 Å². The van der Waals surface area contributed by atoms with Crippen molar-refractivity contribution in [2.75, 3.05) is 0 Å². The van der Waals surface area contributed by atoms with Crippen molar-refractivity contribution in [2.45, 2.75) is 44.9 Å². The van der Waals surface area contributed by atoms with E-state index in [1.807, 2.05) is 6.92 Å². The highest BCUT2D eigenvalue weighted by atomic mass is 79.9. The molecule has 0 radical (unpaired) electrons. The highest BCUT2D eigenvalue weighted by Crippen LogP contribution is 2.35. The Morgan fingerprint density at radius 2 is 2.05 bits per heavy atom. The Bertz CT molecular complexity index is 683. The SMILES string of the molecule is Cc1nn2c(O)c(C3CCCCC3)c(=O)[nH]c2c1Br. The van der Waals surface area contributed by atoms with E-state index in [0.717, 1.165) is 35.8 Å². The van der Waals surface area contributed by atoms with Crippen LogP contribution in [0.4, 0.5) is 0 Å². The van der Waals surface area contributed by atoms with Crippen LogP contribution in [0.3, 0.4) is 0 Å². The fourth-order valence-electron chi connectivity index (χ4n) is 2.92. The standard InChI is InChI=1S/C13H16BrN3O2/c1-7-10(14)11-15-12(18)9(13(19)17(11)16-7)8-5-3-2-4-6-8/h8,19H,2-6H2,1H3,(H,15,18). The van der Waals surface area contributed by atoms with Gasteiger partial charge in [-0.2, -0.15) is 9.61 Å². The van der Waals surface area contributed by atoms with E-state index in [4.69, 9.17) is 0 Å². The maximum Gasteiger partial charge on any atom is 0.258 e. The smallest absolute Gasteiger partial charge is 0.258 e. The highest BCUT2D eigenvalue weighted by Gasteiger charge is 2.25. The van der Waals surface area contributed by atoms with Gasteiger partial charge in [0, 0.05) is 0 Å². The molecule has 0 aromatic carbocycles. The summed E-state index contributed by atoms with van der Waals surface area (Å²) in [5.74, 6) is 0.129. The lowest BCUT2D eigenvalue weighted by Crippen LogP contribution is -2.20. The lowest BCUT2D eigenvalue weighted by molar-refractivity contribution is 0.390. The fourth-order valence-corrected chi connectivity index (χ4v) is 3.27. The molecule has 1 aliphatic rings. The first-order valence-electron chi connectivity index (χ1n) is 6.59. The number of fused-ring (bicyclic) bond motifs is 1. The van der Waals surface area contributed by atoms with Gasteiger partial charge in [-0.05, 0) is 41.6 Å². The van der Waals surface area contributed by atoms with Crippen molar-refractivity contribution in [1.29, 1.82) is 0 Å². The third-order valence-electron chi connectivity index (χ3n) is 3.92. The third kappa shape index (κ3) is 1.98. The summed E-state index contributed by atoms with van der Waals surface area (Å²) in [6.07, 6.45) is 5.36. The molecular formula is C13H16BrN3O2.